The molecule has 2 aromatic heterocycles. The van der Waals surface area contributed by atoms with Gasteiger partial charge in [-0.15, -0.1) is 0 Å². The Morgan fingerprint density at radius 2 is 1.85 bits per heavy atom. The summed E-state index contributed by atoms with van der Waals surface area (Å²) in [6, 6.07) is 19.3. The first-order valence-corrected chi connectivity index (χ1v) is 8.48. The first kappa shape index (κ1) is 16.0. The average Bonchev–Trinajstić information content (AvgIpc) is 2.68. The van der Waals surface area contributed by atoms with E-state index in [-0.39, 0.29) is 5.91 Å². The van der Waals surface area contributed by atoms with Gasteiger partial charge < -0.3 is 11.1 Å². The number of aryl methyl sites for hydroxylation is 1. The first-order valence-electron chi connectivity index (χ1n) is 8.48. The number of carbonyl (C=O) groups excluding carboxylic acids is 1. The predicted molar refractivity (Wildman–Crippen MR) is 105 cm³/mol. The number of benzene rings is 2. The Morgan fingerprint density at radius 3 is 2.77 bits per heavy atom. The third kappa shape index (κ3) is 3.19. The molecule has 0 unspecified atom stereocenters. The summed E-state index contributed by atoms with van der Waals surface area (Å²) in [5.41, 5.74) is 9.97. The standard InChI is InChI=1S/C21H18N4O/c22-21-16-5-3-13-23-18(16)10-11-19(21)25-20(26)12-9-15-8-7-14-4-1-2-6-17(14)24-15/h1-8,10-11,13H,9,12,22H2,(H,25,26). The van der Waals surface area contributed by atoms with Gasteiger partial charge in [-0.3, -0.25) is 14.8 Å². The molecule has 5 nitrogen and oxygen atoms in total. The smallest absolute Gasteiger partial charge is 0.224 e. The highest BCUT2D eigenvalue weighted by Crippen LogP contribution is 2.27. The number of pyridine rings is 2. The van der Waals surface area contributed by atoms with E-state index in [1.54, 1.807) is 12.3 Å². The number of anilines is 2. The molecule has 26 heavy (non-hydrogen) atoms. The summed E-state index contributed by atoms with van der Waals surface area (Å²) < 4.78 is 0. The normalized spacial score (nSPS) is 10.9. The van der Waals surface area contributed by atoms with Crippen molar-refractivity contribution in [2.45, 2.75) is 12.8 Å². The largest absolute Gasteiger partial charge is 0.396 e. The molecule has 0 saturated carbocycles. The van der Waals surface area contributed by atoms with Crippen molar-refractivity contribution < 1.29 is 4.79 Å². The molecule has 1 amide bonds. The summed E-state index contributed by atoms with van der Waals surface area (Å²) in [4.78, 5) is 21.2. The maximum absolute atomic E-state index is 12.3. The summed E-state index contributed by atoms with van der Waals surface area (Å²) in [6.45, 7) is 0. The highest BCUT2D eigenvalue weighted by molar-refractivity contribution is 6.02. The molecule has 128 valence electrons. The summed E-state index contributed by atoms with van der Waals surface area (Å²) in [5.74, 6) is -0.0881. The zero-order valence-corrected chi connectivity index (χ0v) is 14.1. The maximum Gasteiger partial charge on any atom is 0.224 e. The Balaban J connectivity index is 1.46. The lowest BCUT2D eigenvalue weighted by molar-refractivity contribution is -0.116. The van der Waals surface area contributed by atoms with Crippen LogP contribution in [-0.2, 0) is 11.2 Å². The number of nitrogens with two attached hydrogens (primary N) is 1. The number of aromatic nitrogens is 2. The van der Waals surface area contributed by atoms with Crippen LogP contribution in [0.5, 0.6) is 0 Å². The Hall–Kier alpha value is -3.47. The minimum Gasteiger partial charge on any atom is -0.396 e. The van der Waals surface area contributed by atoms with Crippen molar-refractivity contribution in [3.05, 3.63) is 72.6 Å². The fraction of sp³-hybridized carbons (Fsp3) is 0.0952. The van der Waals surface area contributed by atoms with E-state index in [1.807, 2.05) is 54.6 Å². The maximum atomic E-state index is 12.3. The number of para-hydroxylation sites is 1. The quantitative estimate of drug-likeness (QED) is 0.551. The Labute approximate surface area is 150 Å². The number of rotatable bonds is 4. The van der Waals surface area contributed by atoms with Crippen LogP contribution in [0.3, 0.4) is 0 Å². The van der Waals surface area contributed by atoms with E-state index >= 15 is 0 Å². The lowest BCUT2D eigenvalue weighted by Gasteiger charge is -2.10. The lowest BCUT2D eigenvalue weighted by atomic mass is 10.1. The number of fused-ring (bicyclic) bond motifs is 2. The number of hydrogen-bond donors (Lipinski definition) is 2. The highest BCUT2D eigenvalue weighted by Gasteiger charge is 2.09. The summed E-state index contributed by atoms with van der Waals surface area (Å²) in [6.07, 6.45) is 2.64. The van der Waals surface area contributed by atoms with E-state index in [2.05, 4.69) is 15.3 Å². The first-order chi connectivity index (χ1) is 12.7. The monoisotopic (exact) mass is 342 g/mol. The second-order valence-corrected chi connectivity index (χ2v) is 6.14. The highest BCUT2D eigenvalue weighted by atomic mass is 16.1. The van der Waals surface area contributed by atoms with Crippen molar-refractivity contribution in [1.82, 2.24) is 9.97 Å². The predicted octanol–water partition coefficient (Wildman–Crippen LogP) is 3.94. The Kier molecular flexibility index (Phi) is 4.19. The van der Waals surface area contributed by atoms with Crippen LogP contribution in [0.1, 0.15) is 12.1 Å². The SMILES string of the molecule is Nc1c(NC(=O)CCc2ccc3ccccc3n2)ccc2ncccc12. The van der Waals surface area contributed by atoms with Gasteiger partial charge in [-0.2, -0.15) is 0 Å². The fourth-order valence-corrected chi connectivity index (χ4v) is 2.99. The fourth-order valence-electron chi connectivity index (χ4n) is 2.99. The number of carbonyl (C=O) groups is 1. The van der Waals surface area contributed by atoms with Gasteiger partial charge in [-0.05, 0) is 42.8 Å². The average molecular weight is 342 g/mol. The van der Waals surface area contributed by atoms with Crippen molar-refractivity contribution in [2.75, 3.05) is 11.1 Å². The molecule has 0 saturated heterocycles. The number of hydrogen-bond acceptors (Lipinski definition) is 4. The Bertz CT molecular complexity index is 1110. The second-order valence-electron chi connectivity index (χ2n) is 6.14. The van der Waals surface area contributed by atoms with Crippen molar-refractivity contribution >= 4 is 39.1 Å². The van der Waals surface area contributed by atoms with E-state index in [0.717, 1.165) is 27.5 Å². The van der Waals surface area contributed by atoms with Crippen LogP contribution in [0.2, 0.25) is 0 Å². The molecule has 2 heterocycles. The topological polar surface area (TPSA) is 80.9 Å². The van der Waals surface area contributed by atoms with E-state index in [9.17, 15) is 4.79 Å². The van der Waals surface area contributed by atoms with Gasteiger partial charge in [0.05, 0.1) is 22.4 Å². The molecule has 0 spiro atoms. The molecule has 2 aromatic carbocycles. The van der Waals surface area contributed by atoms with Crippen LogP contribution in [-0.4, -0.2) is 15.9 Å². The third-order valence-corrected chi connectivity index (χ3v) is 4.37. The van der Waals surface area contributed by atoms with Crippen LogP contribution in [0.4, 0.5) is 11.4 Å². The lowest BCUT2D eigenvalue weighted by Crippen LogP contribution is -2.14. The molecule has 0 aliphatic rings. The second kappa shape index (κ2) is 6.80. The number of nitrogen functional groups attached to an aromatic ring is 1. The molecule has 4 aromatic rings. The van der Waals surface area contributed by atoms with E-state index in [1.165, 1.54) is 0 Å². The van der Waals surface area contributed by atoms with Crippen molar-refractivity contribution in [3.63, 3.8) is 0 Å². The number of nitrogens with one attached hydrogen (secondary N) is 1. The zero-order valence-electron chi connectivity index (χ0n) is 14.1. The van der Waals surface area contributed by atoms with Crippen LogP contribution >= 0.6 is 0 Å². The van der Waals surface area contributed by atoms with Gasteiger partial charge in [-0.25, -0.2) is 0 Å². The molecule has 4 rings (SSSR count). The van der Waals surface area contributed by atoms with Crippen molar-refractivity contribution in [2.24, 2.45) is 0 Å². The minimum atomic E-state index is -0.0881. The molecule has 0 bridgehead atoms. The van der Waals surface area contributed by atoms with Crippen LogP contribution in [0.15, 0.2) is 66.9 Å². The van der Waals surface area contributed by atoms with Gasteiger partial charge in [0.15, 0.2) is 0 Å². The van der Waals surface area contributed by atoms with Crippen molar-refractivity contribution in [3.8, 4) is 0 Å². The summed E-state index contributed by atoms with van der Waals surface area (Å²) in [7, 11) is 0. The van der Waals surface area contributed by atoms with Crippen LogP contribution in [0.25, 0.3) is 21.8 Å². The number of amides is 1. The molecule has 0 radical (unpaired) electrons. The van der Waals surface area contributed by atoms with Gasteiger partial charge in [-0.1, -0.05) is 24.3 Å². The molecule has 0 atom stereocenters. The number of nitrogens with zero attached hydrogens (tertiary/aromatic N) is 2. The van der Waals surface area contributed by atoms with Crippen LogP contribution < -0.4 is 11.1 Å². The van der Waals surface area contributed by atoms with E-state index < -0.39 is 0 Å². The van der Waals surface area contributed by atoms with Gasteiger partial charge in [0, 0.05) is 29.1 Å². The van der Waals surface area contributed by atoms with E-state index in [0.29, 0.717) is 24.2 Å². The molecule has 0 aliphatic heterocycles. The molecule has 3 N–H and O–H groups in total. The molecular weight excluding hydrogens is 324 g/mol. The Morgan fingerprint density at radius 1 is 0.962 bits per heavy atom. The van der Waals surface area contributed by atoms with Gasteiger partial charge in [0.2, 0.25) is 5.91 Å². The van der Waals surface area contributed by atoms with Crippen LogP contribution in [0, 0.1) is 0 Å². The third-order valence-electron chi connectivity index (χ3n) is 4.37. The van der Waals surface area contributed by atoms with Gasteiger partial charge >= 0.3 is 0 Å². The molecular formula is C21H18N4O. The van der Waals surface area contributed by atoms with E-state index in [4.69, 9.17) is 5.73 Å². The molecule has 0 fully saturated rings. The zero-order chi connectivity index (χ0) is 17.9. The summed E-state index contributed by atoms with van der Waals surface area (Å²) in [5, 5.41) is 4.82. The molecule has 0 aliphatic carbocycles. The van der Waals surface area contributed by atoms with Crippen molar-refractivity contribution in [1.29, 1.82) is 0 Å². The van der Waals surface area contributed by atoms with Gasteiger partial charge in [0.25, 0.3) is 0 Å². The summed E-state index contributed by atoms with van der Waals surface area (Å²) >= 11 is 0. The van der Waals surface area contributed by atoms with Gasteiger partial charge in [0.1, 0.15) is 0 Å². The molecule has 5 heteroatoms. The minimum absolute atomic E-state index is 0.0881.